The van der Waals surface area contributed by atoms with Gasteiger partial charge in [-0.2, -0.15) is 0 Å². The van der Waals surface area contributed by atoms with Gasteiger partial charge in [0.1, 0.15) is 5.75 Å². The topological polar surface area (TPSA) is 73.6 Å². The van der Waals surface area contributed by atoms with E-state index in [1.807, 2.05) is 26.0 Å². The maximum Gasteiger partial charge on any atom is 0.277 e. The molecule has 0 heterocycles. The zero-order valence-corrected chi connectivity index (χ0v) is 12.2. The summed E-state index contributed by atoms with van der Waals surface area (Å²) in [5, 5.41) is 0. The van der Waals surface area contributed by atoms with Gasteiger partial charge in [-0.25, -0.2) is 5.84 Å². The predicted octanol–water partition coefficient (Wildman–Crippen LogP) is 1.45. The smallest absolute Gasteiger partial charge is 0.277 e. The highest BCUT2D eigenvalue weighted by Crippen LogP contribution is 2.26. The molecular formula is C12H17BrN2O3. The number of hydrogen-bond acceptors (Lipinski definition) is 4. The molecule has 100 valence electrons. The molecule has 1 aromatic carbocycles. The molecule has 0 saturated carbocycles. The fourth-order valence-corrected chi connectivity index (χ4v) is 1.77. The Morgan fingerprint density at radius 2 is 2.00 bits per heavy atom. The summed E-state index contributed by atoms with van der Waals surface area (Å²) in [7, 11) is 1.50. The lowest BCUT2D eigenvalue weighted by Crippen LogP contribution is -2.44. The molecule has 0 bridgehead atoms. The second-order valence-corrected chi connectivity index (χ2v) is 4.73. The average molecular weight is 317 g/mol. The maximum atomic E-state index is 11.5. The van der Waals surface area contributed by atoms with Gasteiger partial charge in [0.05, 0.1) is 6.61 Å². The molecule has 1 amide bonds. The van der Waals surface area contributed by atoms with Crippen LogP contribution in [0, 0.1) is 13.8 Å². The minimum atomic E-state index is -0.764. The summed E-state index contributed by atoms with van der Waals surface area (Å²) < 4.78 is 11.5. The van der Waals surface area contributed by atoms with Crippen LogP contribution >= 0.6 is 15.9 Å². The highest BCUT2D eigenvalue weighted by atomic mass is 79.9. The van der Waals surface area contributed by atoms with Crippen LogP contribution < -0.4 is 16.0 Å². The van der Waals surface area contributed by atoms with E-state index in [0.717, 1.165) is 15.6 Å². The first kappa shape index (κ1) is 14.9. The predicted molar refractivity (Wildman–Crippen MR) is 72.2 cm³/mol. The van der Waals surface area contributed by atoms with E-state index in [-0.39, 0.29) is 6.61 Å². The van der Waals surface area contributed by atoms with E-state index in [4.69, 9.17) is 15.3 Å². The summed E-state index contributed by atoms with van der Waals surface area (Å²) in [5.41, 5.74) is 4.13. The van der Waals surface area contributed by atoms with Crippen LogP contribution in [0.25, 0.3) is 0 Å². The number of amides is 1. The lowest BCUT2D eigenvalue weighted by molar-refractivity contribution is -0.130. The van der Waals surface area contributed by atoms with Crippen LogP contribution in [-0.4, -0.2) is 25.7 Å². The molecule has 0 fully saturated rings. The summed E-state index contributed by atoms with van der Waals surface area (Å²) in [6.45, 7) is 4.05. The van der Waals surface area contributed by atoms with E-state index < -0.39 is 12.0 Å². The molecule has 5 nitrogen and oxygen atoms in total. The summed E-state index contributed by atoms with van der Waals surface area (Å²) in [6, 6.07) is 3.70. The Labute approximate surface area is 115 Å². The number of hydrazine groups is 1. The standard InChI is InChI=1S/C12H17BrN2O3/c1-7-4-9(5-8(2)11(7)13)18-10(6-17-3)12(16)15-14/h4-5,10H,6,14H2,1-3H3,(H,15,16). The van der Waals surface area contributed by atoms with Gasteiger partial charge < -0.3 is 9.47 Å². The summed E-state index contributed by atoms with van der Waals surface area (Å²) >= 11 is 3.47. The third-order valence-electron chi connectivity index (χ3n) is 2.44. The molecule has 0 aliphatic carbocycles. The molecule has 6 heteroatoms. The summed E-state index contributed by atoms with van der Waals surface area (Å²) in [5.74, 6) is 5.29. The minimum Gasteiger partial charge on any atom is -0.478 e. The Morgan fingerprint density at radius 1 is 1.44 bits per heavy atom. The number of aryl methyl sites for hydroxylation is 2. The lowest BCUT2D eigenvalue weighted by Gasteiger charge is -2.18. The van der Waals surface area contributed by atoms with Crippen LogP contribution in [0.1, 0.15) is 11.1 Å². The first-order valence-electron chi connectivity index (χ1n) is 5.42. The van der Waals surface area contributed by atoms with Crippen molar-refractivity contribution in [3.8, 4) is 5.75 Å². The van der Waals surface area contributed by atoms with Gasteiger partial charge in [0, 0.05) is 11.6 Å². The largest absolute Gasteiger partial charge is 0.478 e. The van der Waals surface area contributed by atoms with E-state index in [9.17, 15) is 4.79 Å². The second-order valence-electron chi connectivity index (χ2n) is 3.94. The average Bonchev–Trinajstić information content (AvgIpc) is 2.34. The van der Waals surface area contributed by atoms with Crippen molar-refractivity contribution in [1.29, 1.82) is 0 Å². The first-order chi connectivity index (χ1) is 8.49. The number of nitrogens with two attached hydrogens (primary N) is 1. The van der Waals surface area contributed by atoms with Gasteiger partial charge in [0.25, 0.3) is 5.91 Å². The molecule has 1 aromatic rings. The molecule has 1 atom stereocenters. The molecule has 0 spiro atoms. The van der Waals surface area contributed by atoms with E-state index in [1.54, 1.807) is 0 Å². The van der Waals surface area contributed by atoms with E-state index in [1.165, 1.54) is 7.11 Å². The third-order valence-corrected chi connectivity index (χ3v) is 3.69. The van der Waals surface area contributed by atoms with Gasteiger partial charge >= 0.3 is 0 Å². The van der Waals surface area contributed by atoms with Crippen molar-refractivity contribution in [2.75, 3.05) is 13.7 Å². The Hall–Kier alpha value is -1.11. The Kier molecular flexibility index (Phi) is 5.58. The highest BCUT2D eigenvalue weighted by Gasteiger charge is 2.19. The van der Waals surface area contributed by atoms with Crippen molar-refractivity contribution in [3.63, 3.8) is 0 Å². The molecule has 0 aliphatic rings. The number of hydrogen-bond donors (Lipinski definition) is 2. The number of methoxy groups -OCH3 is 1. The summed E-state index contributed by atoms with van der Waals surface area (Å²) in [4.78, 5) is 11.5. The lowest BCUT2D eigenvalue weighted by atomic mass is 10.1. The Bertz CT molecular complexity index is 414. The van der Waals surface area contributed by atoms with Crippen molar-refractivity contribution in [3.05, 3.63) is 27.7 Å². The molecule has 1 unspecified atom stereocenters. The molecule has 0 radical (unpaired) electrons. The van der Waals surface area contributed by atoms with E-state index >= 15 is 0 Å². The number of halogens is 1. The number of nitrogens with one attached hydrogen (secondary N) is 1. The zero-order chi connectivity index (χ0) is 13.7. The third kappa shape index (κ3) is 3.69. The number of rotatable bonds is 5. The normalized spacial score (nSPS) is 12.1. The van der Waals surface area contributed by atoms with Crippen LogP contribution in [0.3, 0.4) is 0 Å². The van der Waals surface area contributed by atoms with Crippen molar-refractivity contribution in [2.45, 2.75) is 20.0 Å². The Morgan fingerprint density at radius 3 is 2.44 bits per heavy atom. The van der Waals surface area contributed by atoms with Crippen molar-refractivity contribution in [1.82, 2.24) is 5.43 Å². The van der Waals surface area contributed by atoms with Gasteiger partial charge in [-0.3, -0.25) is 10.2 Å². The molecule has 0 aliphatic heterocycles. The van der Waals surface area contributed by atoms with Gasteiger partial charge in [-0.1, -0.05) is 15.9 Å². The molecule has 0 saturated heterocycles. The number of carbonyl (C=O) groups is 1. The summed E-state index contributed by atoms with van der Waals surface area (Å²) in [6.07, 6.45) is -0.764. The fourth-order valence-electron chi connectivity index (χ4n) is 1.55. The molecule has 0 aromatic heterocycles. The second kappa shape index (κ2) is 6.72. The quantitative estimate of drug-likeness (QED) is 0.490. The number of benzene rings is 1. The monoisotopic (exact) mass is 316 g/mol. The minimum absolute atomic E-state index is 0.136. The van der Waals surface area contributed by atoms with E-state index in [2.05, 4.69) is 21.4 Å². The van der Waals surface area contributed by atoms with Gasteiger partial charge in [-0.15, -0.1) is 0 Å². The van der Waals surface area contributed by atoms with Crippen LogP contribution in [0.15, 0.2) is 16.6 Å². The number of ether oxygens (including phenoxy) is 2. The van der Waals surface area contributed by atoms with Crippen molar-refractivity contribution < 1.29 is 14.3 Å². The highest BCUT2D eigenvalue weighted by molar-refractivity contribution is 9.10. The van der Waals surface area contributed by atoms with Crippen LogP contribution in [0.2, 0.25) is 0 Å². The SMILES string of the molecule is COCC(Oc1cc(C)c(Br)c(C)c1)C(=O)NN. The van der Waals surface area contributed by atoms with Crippen LogP contribution in [0.4, 0.5) is 0 Å². The van der Waals surface area contributed by atoms with Crippen LogP contribution in [0.5, 0.6) is 5.75 Å². The first-order valence-corrected chi connectivity index (χ1v) is 6.21. The molecular weight excluding hydrogens is 300 g/mol. The zero-order valence-electron chi connectivity index (χ0n) is 10.6. The van der Waals surface area contributed by atoms with Gasteiger partial charge in [0.15, 0.2) is 0 Å². The maximum absolute atomic E-state index is 11.5. The molecule has 1 rings (SSSR count). The van der Waals surface area contributed by atoms with Gasteiger partial charge in [-0.05, 0) is 37.1 Å². The number of carbonyl (C=O) groups excluding carboxylic acids is 1. The van der Waals surface area contributed by atoms with Crippen LogP contribution in [-0.2, 0) is 9.53 Å². The van der Waals surface area contributed by atoms with Gasteiger partial charge in [0.2, 0.25) is 6.10 Å². The fraction of sp³-hybridized carbons (Fsp3) is 0.417. The van der Waals surface area contributed by atoms with E-state index in [0.29, 0.717) is 5.75 Å². The van der Waals surface area contributed by atoms with Crippen molar-refractivity contribution >= 4 is 21.8 Å². The Balaban J connectivity index is 2.90. The molecule has 18 heavy (non-hydrogen) atoms. The van der Waals surface area contributed by atoms with Crippen molar-refractivity contribution in [2.24, 2.45) is 5.84 Å². The molecule has 3 N–H and O–H groups in total.